The summed E-state index contributed by atoms with van der Waals surface area (Å²) in [5, 5.41) is 0. The Hall–Kier alpha value is -1.06. The number of para-hydroxylation sites is 1. The maximum absolute atomic E-state index is 6.06. The maximum Gasteiger partial charge on any atom is 0.169 e. The Bertz CT molecular complexity index is 388. The summed E-state index contributed by atoms with van der Waals surface area (Å²) in [6.45, 7) is 8.15. The Balaban J connectivity index is 2.27. The molecule has 1 heterocycles. The van der Waals surface area contributed by atoms with Crippen LogP contribution < -0.4 is 5.73 Å². The number of ether oxygens (including phenoxy) is 2. The summed E-state index contributed by atoms with van der Waals surface area (Å²) >= 11 is 0. The highest BCUT2D eigenvalue weighted by Gasteiger charge is 2.44. The zero-order valence-corrected chi connectivity index (χ0v) is 10.5. The van der Waals surface area contributed by atoms with Crippen molar-refractivity contribution >= 4 is 5.69 Å². The second-order valence-electron chi connectivity index (χ2n) is 4.44. The Morgan fingerprint density at radius 2 is 1.88 bits per heavy atom. The minimum atomic E-state index is -0.501. The third-order valence-electron chi connectivity index (χ3n) is 3.43. The molecular formula is C14H20NO2. The predicted molar refractivity (Wildman–Crippen MR) is 68.2 cm³/mol. The molecule has 2 rings (SSSR count). The lowest BCUT2D eigenvalue weighted by molar-refractivity contribution is -0.176. The second kappa shape index (κ2) is 4.67. The molecule has 1 aromatic carbocycles. The summed E-state index contributed by atoms with van der Waals surface area (Å²) in [6, 6.07) is 7.73. The number of hydrogen-bond donors (Lipinski definition) is 1. The predicted octanol–water partition coefficient (Wildman–Crippen LogP) is 3.08. The molecule has 93 valence electrons. The van der Waals surface area contributed by atoms with Gasteiger partial charge in [0.25, 0.3) is 0 Å². The number of nitrogens with two attached hydrogens (primary N) is 1. The lowest BCUT2D eigenvalue weighted by atomic mass is 10.0. The van der Waals surface area contributed by atoms with Gasteiger partial charge in [-0.25, -0.2) is 0 Å². The summed E-state index contributed by atoms with van der Waals surface area (Å²) in [5.41, 5.74) is 7.67. The molecule has 0 spiro atoms. The highest BCUT2D eigenvalue weighted by molar-refractivity contribution is 5.48. The summed E-state index contributed by atoms with van der Waals surface area (Å²) in [6.07, 6.45) is 1.26. The standard InChI is InChI=1S/C14H20NO2/c1-4-14(5-2)16-10(3)13(17-14)11-8-6-7-9-12(11)15/h6-10,13H,3-5,15H2,1-2H3/t10-,13+/m0/s1. The van der Waals surface area contributed by atoms with E-state index in [9.17, 15) is 0 Å². The maximum atomic E-state index is 6.06. The first-order valence-corrected chi connectivity index (χ1v) is 6.15. The van der Waals surface area contributed by atoms with E-state index < -0.39 is 5.79 Å². The molecule has 0 bridgehead atoms. The summed E-state index contributed by atoms with van der Waals surface area (Å²) in [4.78, 5) is 0. The van der Waals surface area contributed by atoms with E-state index in [-0.39, 0.29) is 12.2 Å². The molecule has 0 amide bonds. The molecule has 3 heteroatoms. The van der Waals surface area contributed by atoms with Crippen LogP contribution >= 0.6 is 0 Å². The summed E-state index contributed by atoms with van der Waals surface area (Å²) in [5.74, 6) is -0.501. The molecule has 1 aliphatic heterocycles. The molecule has 0 aromatic heterocycles. The van der Waals surface area contributed by atoms with Gasteiger partial charge in [-0.3, -0.25) is 0 Å². The second-order valence-corrected chi connectivity index (χ2v) is 4.44. The fourth-order valence-electron chi connectivity index (χ4n) is 2.29. The monoisotopic (exact) mass is 234 g/mol. The van der Waals surface area contributed by atoms with Gasteiger partial charge in [-0.05, 0) is 25.8 Å². The lowest BCUT2D eigenvalue weighted by Crippen LogP contribution is -2.28. The van der Waals surface area contributed by atoms with Crippen molar-refractivity contribution in [3.05, 3.63) is 36.8 Å². The Morgan fingerprint density at radius 1 is 1.24 bits per heavy atom. The zero-order valence-electron chi connectivity index (χ0n) is 10.5. The number of benzene rings is 1. The highest BCUT2D eigenvalue weighted by Crippen LogP contribution is 2.43. The van der Waals surface area contributed by atoms with Crippen LogP contribution in [0.5, 0.6) is 0 Å². The van der Waals surface area contributed by atoms with Gasteiger partial charge in [-0.2, -0.15) is 0 Å². The number of nitrogen functional groups attached to an aromatic ring is 1. The van der Waals surface area contributed by atoms with Crippen molar-refractivity contribution in [2.75, 3.05) is 5.73 Å². The van der Waals surface area contributed by atoms with Gasteiger partial charge in [0.2, 0.25) is 0 Å². The molecule has 2 atom stereocenters. The van der Waals surface area contributed by atoms with Crippen LogP contribution in [0.2, 0.25) is 0 Å². The van der Waals surface area contributed by atoms with E-state index in [1.165, 1.54) is 0 Å². The van der Waals surface area contributed by atoms with E-state index in [0.717, 1.165) is 24.1 Å². The van der Waals surface area contributed by atoms with Crippen LogP contribution in [0.4, 0.5) is 5.69 Å². The van der Waals surface area contributed by atoms with Crippen LogP contribution in [-0.2, 0) is 9.47 Å². The van der Waals surface area contributed by atoms with Crippen LogP contribution in [0.1, 0.15) is 38.4 Å². The fraction of sp³-hybridized carbons (Fsp3) is 0.500. The Labute approximate surface area is 103 Å². The van der Waals surface area contributed by atoms with Crippen molar-refractivity contribution in [3.63, 3.8) is 0 Å². The van der Waals surface area contributed by atoms with Crippen molar-refractivity contribution in [2.24, 2.45) is 0 Å². The fourth-order valence-corrected chi connectivity index (χ4v) is 2.29. The average Bonchev–Trinajstić information content (AvgIpc) is 2.68. The molecule has 0 saturated carbocycles. The number of hydrogen-bond acceptors (Lipinski definition) is 3. The molecule has 1 aliphatic rings. The van der Waals surface area contributed by atoms with Gasteiger partial charge in [0.05, 0.1) is 6.10 Å². The molecule has 0 aliphatic carbocycles. The third-order valence-corrected chi connectivity index (χ3v) is 3.43. The number of anilines is 1. The van der Waals surface area contributed by atoms with Gasteiger partial charge >= 0.3 is 0 Å². The molecule has 3 nitrogen and oxygen atoms in total. The molecule has 0 unspecified atom stereocenters. The lowest BCUT2D eigenvalue weighted by Gasteiger charge is -2.25. The van der Waals surface area contributed by atoms with Crippen LogP contribution in [0, 0.1) is 6.92 Å². The smallest absolute Gasteiger partial charge is 0.169 e. The van der Waals surface area contributed by atoms with Gasteiger partial charge in [0.1, 0.15) is 6.10 Å². The first kappa shape index (κ1) is 12.4. The van der Waals surface area contributed by atoms with Crippen molar-refractivity contribution in [3.8, 4) is 0 Å². The average molecular weight is 234 g/mol. The van der Waals surface area contributed by atoms with E-state index in [1.54, 1.807) is 0 Å². The van der Waals surface area contributed by atoms with Gasteiger partial charge in [-0.1, -0.05) is 32.0 Å². The third kappa shape index (κ3) is 2.17. The molecule has 1 fully saturated rings. The first-order chi connectivity index (χ1) is 8.12. The van der Waals surface area contributed by atoms with Crippen molar-refractivity contribution < 1.29 is 9.47 Å². The van der Waals surface area contributed by atoms with Crippen LogP contribution in [0.3, 0.4) is 0 Å². The van der Waals surface area contributed by atoms with Crippen LogP contribution in [-0.4, -0.2) is 11.9 Å². The van der Waals surface area contributed by atoms with Gasteiger partial charge in [-0.15, -0.1) is 0 Å². The van der Waals surface area contributed by atoms with Crippen molar-refractivity contribution in [1.29, 1.82) is 0 Å². The van der Waals surface area contributed by atoms with Gasteiger partial charge in [0, 0.05) is 11.3 Å². The topological polar surface area (TPSA) is 44.5 Å². The number of rotatable bonds is 3. The molecule has 1 radical (unpaired) electrons. The van der Waals surface area contributed by atoms with Crippen LogP contribution in [0.25, 0.3) is 0 Å². The molecule has 1 aromatic rings. The minimum absolute atomic E-state index is 0.170. The van der Waals surface area contributed by atoms with E-state index in [2.05, 4.69) is 20.8 Å². The van der Waals surface area contributed by atoms with Crippen molar-refractivity contribution in [2.45, 2.75) is 44.7 Å². The van der Waals surface area contributed by atoms with Gasteiger partial charge < -0.3 is 15.2 Å². The molecular weight excluding hydrogens is 214 g/mol. The molecule has 17 heavy (non-hydrogen) atoms. The minimum Gasteiger partial charge on any atom is -0.398 e. The van der Waals surface area contributed by atoms with E-state index in [1.807, 2.05) is 24.3 Å². The summed E-state index contributed by atoms with van der Waals surface area (Å²) < 4.78 is 11.9. The van der Waals surface area contributed by atoms with Crippen LogP contribution in [0.15, 0.2) is 24.3 Å². The highest BCUT2D eigenvalue weighted by atomic mass is 16.8. The van der Waals surface area contributed by atoms with E-state index in [4.69, 9.17) is 15.2 Å². The van der Waals surface area contributed by atoms with E-state index >= 15 is 0 Å². The van der Waals surface area contributed by atoms with E-state index in [0.29, 0.717) is 0 Å². The Kier molecular flexibility index (Phi) is 3.40. The zero-order chi connectivity index (χ0) is 12.5. The molecule has 2 N–H and O–H groups in total. The Morgan fingerprint density at radius 3 is 2.41 bits per heavy atom. The first-order valence-electron chi connectivity index (χ1n) is 6.15. The molecule has 1 saturated heterocycles. The summed E-state index contributed by atoms with van der Waals surface area (Å²) in [7, 11) is 0. The van der Waals surface area contributed by atoms with Crippen molar-refractivity contribution in [1.82, 2.24) is 0 Å². The van der Waals surface area contributed by atoms with Gasteiger partial charge in [0.15, 0.2) is 5.79 Å². The SMILES string of the molecule is [CH2][C@@H]1OC(CC)(CC)O[C@H]1c1ccccc1N. The quantitative estimate of drug-likeness (QED) is 0.817. The normalized spacial score (nSPS) is 27.2. The largest absolute Gasteiger partial charge is 0.398 e.